The first-order valence-electron chi connectivity index (χ1n) is 6.82. The van der Waals surface area contributed by atoms with Crippen LogP contribution >= 0.6 is 0 Å². The first-order valence-corrected chi connectivity index (χ1v) is 8.67. The first kappa shape index (κ1) is 16.1. The van der Waals surface area contributed by atoms with E-state index in [9.17, 15) is 8.42 Å². The normalized spacial score (nSPS) is 17.7. The van der Waals surface area contributed by atoms with Crippen LogP contribution in [-0.4, -0.2) is 64.3 Å². The summed E-state index contributed by atoms with van der Waals surface area (Å²) in [5.41, 5.74) is 1.13. The molecule has 0 aliphatic carbocycles. The van der Waals surface area contributed by atoms with Gasteiger partial charge >= 0.3 is 0 Å². The third-order valence-electron chi connectivity index (χ3n) is 3.65. The second-order valence-electron chi connectivity index (χ2n) is 5.13. The number of piperazine rings is 1. The molecule has 2 rings (SSSR count). The van der Waals surface area contributed by atoms with Crippen LogP contribution in [0.25, 0.3) is 0 Å². The molecule has 0 spiro atoms. The van der Waals surface area contributed by atoms with Gasteiger partial charge in [-0.15, -0.1) is 0 Å². The van der Waals surface area contributed by atoms with Gasteiger partial charge in [0.25, 0.3) is 0 Å². The van der Waals surface area contributed by atoms with Crippen molar-refractivity contribution >= 4 is 10.0 Å². The van der Waals surface area contributed by atoms with E-state index in [4.69, 9.17) is 9.47 Å². The van der Waals surface area contributed by atoms with E-state index in [0.29, 0.717) is 24.6 Å². The fourth-order valence-electron chi connectivity index (χ4n) is 2.46. The Morgan fingerprint density at radius 3 is 2.19 bits per heavy atom. The van der Waals surface area contributed by atoms with Gasteiger partial charge in [-0.1, -0.05) is 6.07 Å². The molecule has 0 bridgehead atoms. The summed E-state index contributed by atoms with van der Waals surface area (Å²) < 4.78 is 35.0. The third-order valence-corrected chi connectivity index (χ3v) is 4.96. The molecule has 0 unspecified atom stereocenters. The topological polar surface area (TPSA) is 59.1 Å². The number of rotatable bonds is 5. The van der Waals surface area contributed by atoms with Crippen molar-refractivity contribution in [2.45, 2.75) is 6.54 Å². The zero-order valence-electron chi connectivity index (χ0n) is 12.7. The zero-order chi connectivity index (χ0) is 15.5. The van der Waals surface area contributed by atoms with Crippen molar-refractivity contribution < 1.29 is 17.9 Å². The third kappa shape index (κ3) is 4.09. The maximum atomic E-state index is 11.5. The first-order chi connectivity index (χ1) is 9.94. The van der Waals surface area contributed by atoms with E-state index < -0.39 is 10.0 Å². The molecule has 0 amide bonds. The number of nitrogens with zero attached hydrogens (tertiary/aromatic N) is 2. The maximum absolute atomic E-state index is 11.5. The van der Waals surface area contributed by atoms with Gasteiger partial charge in [-0.25, -0.2) is 8.42 Å². The Morgan fingerprint density at radius 1 is 1.05 bits per heavy atom. The van der Waals surface area contributed by atoms with Crippen molar-refractivity contribution in [2.24, 2.45) is 0 Å². The Labute approximate surface area is 126 Å². The van der Waals surface area contributed by atoms with Crippen LogP contribution in [0.5, 0.6) is 11.5 Å². The largest absolute Gasteiger partial charge is 0.493 e. The van der Waals surface area contributed by atoms with Gasteiger partial charge < -0.3 is 9.47 Å². The van der Waals surface area contributed by atoms with Crippen LogP contribution in [0.2, 0.25) is 0 Å². The lowest BCUT2D eigenvalue weighted by Crippen LogP contribution is -2.47. The number of hydrogen-bond acceptors (Lipinski definition) is 5. The Morgan fingerprint density at radius 2 is 1.67 bits per heavy atom. The van der Waals surface area contributed by atoms with Crippen LogP contribution in [-0.2, 0) is 16.6 Å². The summed E-state index contributed by atoms with van der Waals surface area (Å²) in [7, 11) is 0.159. The molecule has 118 valence electrons. The highest BCUT2D eigenvalue weighted by molar-refractivity contribution is 7.88. The molecule has 0 aromatic heterocycles. The van der Waals surface area contributed by atoms with Crippen LogP contribution in [0.1, 0.15) is 5.56 Å². The summed E-state index contributed by atoms with van der Waals surface area (Å²) in [6.07, 6.45) is 1.26. The molecule has 0 radical (unpaired) electrons. The number of methoxy groups -OCH3 is 2. The fourth-order valence-corrected chi connectivity index (χ4v) is 3.28. The van der Waals surface area contributed by atoms with E-state index in [1.54, 1.807) is 14.2 Å². The standard InChI is InChI=1S/C14H22N2O4S/c1-19-13-5-4-12(10-14(13)20-2)11-15-6-8-16(9-7-15)21(3,17)18/h4-5,10H,6-9,11H2,1-3H3. The van der Waals surface area contributed by atoms with Gasteiger partial charge in [-0.2, -0.15) is 4.31 Å². The monoisotopic (exact) mass is 314 g/mol. The smallest absolute Gasteiger partial charge is 0.211 e. The van der Waals surface area contributed by atoms with E-state index >= 15 is 0 Å². The summed E-state index contributed by atoms with van der Waals surface area (Å²) in [6.45, 7) is 3.35. The fraction of sp³-hybridized carbons (Fsp3) is 0.571. The maximum Gasteiger partial charge on any atom is 0.211 e. The molecule has 1 aliphatic rings. The summed E-state index contributed by atoms with van der Waals surface area (Å²) in [5, 5.41) is 0. The van der Waals surface area contributed by atoms with Crippen LogP contribution < -0.4 is 9.47 Å². The predicted molar refractivity (Wildman–Crippen MR) is 81.2 cm³/mol. The van der Waals surface area contributed by atoms with Crippen LogP contribution in [0.15, 0.2) is 18.2 Å². The number of hydrogen-bond donors (Lipinski definition) is 0. The molecule has 1 saturated heterocycles. The summed E-state index contributed by atoms with van der Waals surface area (Å²) in [6, 6.07) is 5.85. The lowest BCUT2D eigenvalue weighted by molar-refractivity contribution is 0.182. The quantitative estimate of drug-likeness (QED) is 0.804. The minimum Gasteiger partial charge on any atom is -0.493 e. The van der Waals surface area contributed by atoms with Gasteiger partial charge in [0, 0.05) is 32.7 Å². The highest BCUT2D eigenvalue weighted by Gasteiger charge is 2.23. The van der Waals surface area contributed by atoms with Crippen LogP contribution in [0.3, 0.4) is 0 Å². The van der Waals surface area contributed by atoms with Gasteiger partial charge in [0.15, 0.2) is 11.5 Å². The molecule has 21 heavy (non-hydrogen) atoms. The SMILES string of the molecule is COc1ccc(CN2CCN(S(C)(=O)=O)CC2)cc1OC. The van der Waals surface area contributed by atoms with E-state index in [1.807, 2.05) is 18.2 Å². The van der Waals surface area contributed by atoms with Gasteiger partial charge in [0.05, 0.1) is 20.5 Å². The zero-order valence-corrected chi connectivity index (χ0v) is 13.5. The van der Waals surface area contributed by atoms with E-state index in [1.165, 1.54) is 10.6 Å². The van der Waals surface area contributed by atoms with Crippen molar-refractivity contribution in [3.05, 3.63) is 23.8 Å². The summed E-state index contributed by atoms with van der Waals surface area (Å²) in [4.78, 5) is 2.24. The van der Waals surface area contributed by atoms with Crippen LogP contribution in [0, 0.1) is 0 Å². The molecule has 0 saturated carbocycles. The lowest BCUT2D eigenvalue weighted by Gasteiger charge is -2.33. The molecule has 0 N–H and O–H groups in total. The number of benzene rings is 1. The van der Waals surface area contributed by atoms with Crippen molar-refractivity contribution in [2.75, 3.05) is 46.7 Å². The second kappa shape index (κ2) is 6.64. The van der Waals surface area contributed by atoms with E-state index in [2.05, 4.69) is 4.90 Å². The van der Waals surface area contributed by atoms with E-state index in [-0.39, 0.29) is 0 Å². The number of sulfonamides is 1. The second-order valence-corrected chi connectivity index (χ2v) is 7.11. The van der Waals surface area contributed by atoms with E-state index in [0.717, 1.165) is 25.2 Å². The average molecular weight is 314 g/mol. The van der Waals surface area contributed by atoms with Gasteiger partial charge in [-0.3, -0.25) is 4.90 Å². The summed E-state index contributed by atoms with van der Waals surface area (Å²) in [5.74, 6) is 1.42. The van der Waals surface area contributed by atoms with Gasteiger partial charge in [-0.05, 0) is 17.7 Å². The number of ether oxygens (including phenoxy) is 2. The van der Waals surface area contributed by atoms with Crippen LogP contribution in [0.4, 0.5) is 0 Å². The Balaban J connectivity index is 1.98. The molecule has 1 aromatic rings. The molecule has 6 nitrogen and oxygen atoms in total. The molecule has 1 aliphatic heterocycles. The Bertz CT molecular complexity index is 581. The molecule has 1 aromatic carbocycles. The minimum atomic E-state index is -3.07. The Kier molecular flexibility index (Phi) is 5.08. The lowest BCUT2D eigenvalue weighted by atomic mass is 10.1. The molecule has 0 atom stereocenters. The average Bonchev–Trinajstić information content (AvgIpc) is 2.46. The predicted octanol–water partition coefficient (Wildman–Crippen LogP) is 0.781. The Hall–Kier alpha value is -1.31. The molecular formula is C14H22N2O4S. The van der Waals surface area contributed by atoms with Crippen molar-refractivity contribution in [1.82, 2.24) is 9.21 Å². The molecule has 1 heterocycles. The van der Waals surface area contributed by atoms with Crippen molar-refractivity contribution in [3.8, 4) is 11.5 Å². The van der Waals surface area contributed by atoms with Crippen molar-refractivity contribution in [1.29, 1.82) is 0 Å². The molecule has 1 fully saturated rings. The minimum absolute atomic E-state index is 0.548. The highest BCUT2D eigenvalue weighted by atomic mass is 32.2. The van der Waals surface area contributed by atoms with Crippen molar-refractivity contribution in [3.63, 3.8) is 0 Å². The van der Waals surface area contributed by atoms with Gasteiger partial charge in [0.1, 0.15) is 0 Å². The summed E-state index contributed by atoms with van der Waals surface area (Å²) >= 11 is 0. The molecule has 7 heteroatoms. The molecular weight excluding hydrogens is 292 g/mol. The highest BCUT2D eigenvalue weighted by Crippen LogP contribution is 2.28. The van der Waals surface area contributed by atoms with Gasteiger partial charge in [0.2, 0.25) is 10.0 Å².